The highest BCUT2D eigenvalue weighted by molar-refractivity contribution is 6.30. The summed E-state index contributed by atoms with van der Waals surface area (Å²) in [4.78, 5) is 19.6. The van der Waals surface area contributed by atoms with Crippen LogP contribution < -0.4 is 5.32 Å². The number of halogens is 4. The van der Waals surface area contributed by atoms with E-state index in [9.17, 15) is 18.0 Å². The molecule has 2 heterocycles. The zero-order valence-electron chi connectivity index (χ0n) is 12.3. The largest absolute Gasteiger partial charge is 0.421 e. The highest BCUT2D eigenvalue weighted by Crippen LogP contribution is 2.33. The van der Waals surface area contributed by atoms with E-state index in [2.05, 4.69) is 27.0 Å². The van der Waals surface area contributed by atoms with Crippen molar-refractivity contribution in [3.8, 4) is 0 Å². The summed E-state index contributed by atoms with van der Waals surface area (Å²) < 4.78 is 39.7. The molecule has 2 aromatic rings. The Hall–Kier alpha value is -2.68. The molecule has 0 aliphatic heterocycles. The van der Waals surface area contributed by atoms with E-state index in [4.69, 9.17) is 11.6 Å². The second-order valence-corrected chi connectivity index (χ2v) is 4.84. The van der Waals surface area contributed by atoms with Crippen LogP contribution in [-0.4, -0.2) is 33.8 Å². The molecule has 0 radical (unpaired) electrons. The number of amides is 1. The predicted octanol–water partition coefficient (Wildman–Crippen LogP) is 3.15. The number of rotatable bonds is 4. The molecule has 1 N–H and O–H groups in total. The number of alkyl halides is 3. The quantitative estimate of drug-likeness (QED) is 0.395. The van der Waals surface area contributed by atoms with Crippen molar-refractivity contribution in [2.75, 3.05) is 12.4 Å². The molecule has 126 valence electrons. The number of allylic oxidation sites excluding steroid dienone is 2. The summed E-state index contributed by atoms with van der Waals surface area (Å²) in [6, 6.07) is 1.19. The smallest absolute Gasteiger partial charge is 0.306 e. The first kappa shape index (κ1) is 17.7. The number of hydrogen-bond acceptors (Lipinski definition) is 4. The number of carbonyl (C=O) groups is 1. The summed E-state index contributed by atoms with van der Waals surface area (Å²) in [7, 11) is 1.47. The first-order valence-corrected chi connectivity index (χ1v) is 6.83. The molecule has 0 atom stereocenters. The molecule has 2 aromatic heterocycles. The molecule has 6 nitrogen and oxygen atoms in total. The third-order valence-corrected chi connectivity index (χ3v) is 3.01. The molecule has 0 saturated carbocycles. The molecular weight excluding hydrogens is 347 g/mol. The van der Waals surface area contributed by atoms with Crippen LogP contribution in [0.1, 0.15) is 5.56 Å². The van der Waals surface area contributed by atoms with Crippen molar-refractivity contribution in [2.24, 2.45) is 4.99 Å². The Morgan fingerprint density at radius 2 is 2.21 bits per heavy atom. The van der Waals surface area contributed by atoms with Gasteiger partial charge in [0.25, 0.3) is 5.91 Å². The molecule has 0 unspecified atom stereocenters. The normalized spacial score (nSPS) is 12.8. The van der Waals surface area contributed by atoms with E-state index in [-0.39, 0.29) is 16.5 Å². The van der Waals surface area contributed by atoms with Gasteiger partial charge in [-0.05, 0) is 6.08 Å². The van der Waals surface area contributed by atoms with Crippen LogP contribution in [0.4, 0.5) is 19.0 Å². The van der Waals surface area contributed by atoms with Crippen molar-refractivity contribution < 1.29 is 18.0 Å². The van der Waals surface area contributed by atoms with Crippen LogP contribution in [0.3, 0.4) is 0 Å². The maximum Gasteiger partial charge on any atom is 0.421 e. The van der Waals surface area contributed by atoms with Gasteiger partial charge < -0.3 is 5.32 Å². The van der Waals surface area contributed by atoms with Crippen molar-refractivity contribution in [3.05, 3.63) is 47.3 Å². The molecule has 24 heavy (non-hydrogen) atoms. The summed E-state index contributed by atoms with van der Waals surface area (Å²) in [5.41, 5.74) is -1.42. The van der Waals surface area contributed by atoms with Gasteiger partial charge in [-0.25, -0.2) is 4.98 Å². The Morgan fingerprint density at radius 1 is 1.50 bits per heavy atom. The minimum Gasteiger partial charge on any atom is -0.306 e. The van der Waals surface area contributed by atoms with Crippen LogP contribution in [0.15, 0.2) is 41.6 Å². The molecule has 2 rings (SSSR count). The number of hydrogen-bond donors (Lipinski definition) is 1. The van der Waals surface area contributed by atoms with Crippen LogP contribution in [0, 0.1) is 0 Å². The van der Waals surface area contributed by atoms with Gasteiger partial charge in [0.2, 0.25) is 0 Å². The molecule has 0 aliphatic rings. The molecule has 0 saturated heterocycles. The molecular formula is C14H11ClF3N5O. The Morgan fingerprint density at radius 3 is 2.79 bits per heavy atom. The van der Waals surface area contributed by atoms with E-state index >= 15 is 0 Å². The Labute approximate surface area is 139 Å². The van der Waals surface area contributed by atoms with Crippen LogP contribution in [-0.2, 0) is 11.0 Å². The fourth-order valence-electron chi connectivity index (χ4n) is 1.85. The second-order valence-electron chi connectivity index (χ2n) is 4.45. The Kier molecular flexibility index (Phi) is 5.03. The van der Waals surface area contributed by atoms with Crippen molar-refractivity contribution >= 4 is 35.2 Å². The average Bonchev–Trinajstić information content (AvgIpc) is 2.90. The number of nitrogens with one attached hydrogen (secondary N) is 1. The lowest BCUT2D eigenvalue weighted by atomic mass is 10.2. The summed E-state index contributed by atoms with van der Waals surface area (Å²) in [5.74, 6) is -0.682. The van der Waals surface area contributed by atoms with E-state index in [0.717, 1.165) is 4.52 Å². The molecule has 0 fully saturated rings. The zero-order chi connectivity index (χ0) is 17.9. The van der Waals surface area contributed by atoms with Crippen LogP contribution in [0.5, 0.6) is 0 Å². The van der Waals surface area contributed by atoms with Gasteiger partial charge in [-0.1, -0.05) is 24.3 Å². The molecule has 0 bridgehead atoms. The van der Waals surface area contributed by atoms with Gasteiger partial charge in [0.1, 0.15) is 16.5 Å². The number of nitrogens with zero attached hydrogens (tertiary/aromatic N) is 4. The van der Waals surface area contributed by atoms with Gasteiger partial charge in [0.05, 0.1) is 11.8 Å². The third kappa shape index (κ3) is 3.62. The van der Waals surface area contributed by atoms with E-state index in [1.54, 1.807) is 0 Å². The van der Waals surface area contributed by atoms with Gasteiger partial charge in [0, 0.05) is 19.3 Å². The highest BCUT2D eigenvalue weighted by Gasteiger charge is 2.35. The fourth-order valence-corrected chi connectivity index (χ4v) is 2.04. The predicted molar refractivity (Wildman–Crippen MR) is 84.3 cm³/mol. The Balaban J connectivity index is 2.50. The second kappa shape index (κ2) is 6.83. The number of aliphatic imine (C=N–C) groups is 1. The van der Waals surface area contributed by atoms with E-state index in [1.807, 2.05) is 0 Å². The number of anilines is 1. The maximum absolute atomic E-state index is 12.9. The van der Waals surface area contributed by atoms with Crippen molar-refractivity contribution in [1.29, 1.82) is 0 Å². The van der Waals surface area contributed by atoms with Crippen molar-refractivity contribution in [1.82, 2.24) is 14.6 Å². The number of aromatic nitrogens is 3. The van der Waals surface area contributed by atoms with E-state index < -0.39 is 23.3 Å². The highest BCUT2D eigenvalue weighted by atomic mass is 35.5. The minimum absolute atomic E-state index is 0.0648. The topological polar surface area (TPSA) is 71.7 Å². The monoisotopic (exact) mass is 357 g/mol. The van der Waals surface area contributed by atoms with Gasteiger partial charge >= 0.3 is 6.18 Å². The number of fused-ring (bicyclic) bond motifs is 1. The standard InChI is InChI=1S/C14H11ClF3N5O/c1-3-4-8(6-19-2)13(24)22-11-5-10(15)21-12-9(14(16,17)18)7-20-23(11)12/h3-7H,1H2,2H3,(H,22,24)/b8-4+,19-6?. The molecule has 0 spiro atoms. The summed E-state index contributed by atoms with van der Waals surface area (Å²) in [6.45, 7) is 3.47. The molecule has 1 amide bonds. The summed E-state index contributed by atoms with van der Waals surface area (Å²) in [6.07, 6.45) is 0.0149. The van der Waals surface area contributed by atoms with Gasteiger partial charge in [-0.15, -0.1) is 0 Å². The van der Waals surface area contributed by atoms with Crippen LogP contribution in [0.2, 0.25) is 5.15 Å². The van der Waals surface area contributed by atoms with Gasteiger partial charge in [-0.3, -0.25) is 9.79 Å². The van der Waals surface area contributed by atoms with Crippen molar-refractivity contribution in [2.45, 2.75) is 6.18 Å². The maximum atomic E-state index is 12.9. The molecule has 0 aromatic carbocycles. The van der Waals surface area contributed by atoms with Crippen LogP contribution >= 0.6 is 11.6 Å². The summed E-state index contributed by atoms with van der Waals surface area (Å²) in [5, 5.41) is 5.82. The van der Waals surface area contributed by atoms with Gasteiger partial charge in [0.15, 0.2) is 5.65 Å². The SMILES string of the molecule is C=C/C=C(\C=NC)C(=O)Nc1cc(Cl)nc2c(C(F)(F)F)cnn12. The zero-order valence-corrected chi connectivity index (χ0v) is 13.1. The minimum atomic E-state index is -4.65. The molecule has 0 aliphatic carbocycles. The van der Waals surface area contributed by atoms with E-state index in [0.29, 0.717) is 6.20 Å². The average molecular weight is 358 g/mol. The third-order valence-electron chi connectivity index (χ3n) is 2.82. The van der Waals surface area contributed by atoms with Crippen LogP contribution in [0.25, 0.3) is 5.65 Å². The lowest BCUT2D eigenvalue weighted by Gasteiger charge is -2.09. The Bertz CT molecular complexity index is 854. The first-order valence-electron chi connectivity index (χ1n) is 6.45. The lowest BCUT2D eigenvalue weighted by molar-refractivity contribution is -0.136. The first-order chi connectivity index (χ1) is 11.3. The summed E-state index contributed by atoms with van der Waals surface area (Å²) >= 11 is 5.76. The number of carbonyl (C=O) groups excluding carboxylic acids is 1. The lowest BCUT2D eigenvalue weighted by Crippen LogP contribution is -2.18. The van der Waals surface area contributed by atoms with Crippen molar-refractivity contribution in [3.63, 3.8) is 0 Å². The van der Waals surface area contributed by atoms with Gasteiger partial charge in [-0.2, -0.15) is 22.8 Å². The van der Waals surface area contributed by atoms with E-state index in [1.165, 1.54) is 31.5 Å². The fraction of sp³-hybridized carbons (Fsp3) is 0.143. The molecule has 10 heteroatoms.